The van der Waals surface area contributed by atoms with Crippen LogP contribution in [0.25, 0.3) is 11.3 Å². The zero-order valence-corrected chi connectivity index (χ0v) is 14.0. The van der Waals surface area contributed by atoms with Crippen molar-refractivity contribution < 1.29 is 9.21 Å². The van der Waals surface area contributed by atoms with E-state index in [1.54, 1.807) is 18.3 Å². The fourth-order valence-corrected chi connectivity index (χ4v) is 2.04. The van der Waals surface area contributed by atoms with Gasteiger partial charge in [0.15, 0.2) is 12.2 Å². The average molecular weight is 409 g/mol. The van der Waals surface area contributed by atoms with Crippen LogP contribution in [-0.4, -0.2) is 11.3 Å². The fraction of sp³-hybridized carbons (Fsp3) is 0. The molecule has 0 radical (unpaired) electrons. The Labute approximate surface area is 139 Å². The lowest BCUT2D eigenvalue weighted by atomic mass is 10.2. The van der Waals surface area contributed by atoms with Crippen LogP contribution in [0, 0.1) is 0 Å². The van der Waals surface area contributed by atoms with Gasteiger partial charge in [0, 0.05) is 20.1 Å². The number of nitrogens with zero attached hydrogens (tertiary/aromatic N) is 1. The summed E-state index contributed by atoms with van der Waals surface area (Å²) in [6.07, 6.45) is 3.95. The minimum Gasteiger partial charge on any atom is -0.444 e. The highest BCUT2D eigenvalue weighted by molar-refractivity contribution is 9.10. The van der Waals surface area contributed by atoms with E-state index in [4.69, 9.17) is 4.42 Å². The van der Waals surface area contributed by atoms with Crippen LogP contribution in [0.1, 0.15) is 10.4 Å². The summed E-state index contributed by atoms with van der Waals surface area (Å²) in [7, 11) is 0. The summed E-state index contributed by atoms with van der Waals surface area (Å²) in [6, 6.07) is 15.1. The van der Waals surface area contributed by atoms with Crippen molar-refractivity contribution in [2.45, 2.75) is 0 Å². The molecule has 2 aromatic carbocycles. The minimum atomic E-state index is 0.707. The molecule has 3 rings (SSSR count). The summed E-state index contributed by atoms with van der Waals surface area (Å²) in [5, 5.41) is 0. The first-order valence-electron chi connectivity index (χ1n) is 6.04. The van der Waals surface area contributed by atoms with Gasteiger partial charge < -0.3 is 4.42 Å². The standard InChI is InChI=1S/C9H6BrNO.C7H5BrO/c10-8-3-1-7(2-4-8)9-5-11-6-12-9;8-7-3-1-6(5-9)2-4-7/h1-6H;1-5H. The molecule has 3 aromatic rings. The van der Waals surface area contributed by atoms with Crippen molar-refractivity contribution in [2.75, 3.05) is 0 Å². The van der Waals surface area contributed by atoms with Crippen molar-refractivity contribution in [3.8, 4) is 11.3 Å². The van der Waals surface area contributed by atoms with Gasteiger partial charge >= 0.3 is 0 Å². The van der Waals surface area contributed by atoms with E-state index in [9.17, 15) is 4.79 Å². The Balaban J connectivity index is 0.000000161. The highest BCUT2D eigenvalue weighted by Gasteiger charge is 1.99. The number of aromatic nitrogens is 1. The summed E-state index contributed by atoms with van der Waals surface area (Å²) < 4.78 is 7.19. The Morgan fingerprint density at radius 3 is 1.95 bits per heavy atom. The lowest BCUT2D eigenvalue weighted by molar-refractivity contribution is 0.112. The Kier molecular flexibility index (Phi) is 5.90. The second kappa shape index (κ2) is 7.90. The van der Waals surface area contributed by atoms with Gasteiger partial charge in [0.05, 0.1) is 6.20 Å². The van der Waals surface area contributed by atoms with E-state index >= 15 is 0 Å². The largest absolute Gasteiger partial charge is 0.444 e. The summed E-state index contributed by atoms with van der Waals surface area (Å²) in [5.74, 6) is 0.794. The Hall–Kier alpha value is -1.72. The van der Waals surface area contributed by atoms with Gasteiger partial charge in [0.2, 0.25) is 0 Å². The van der Waals surface area contributed by atoms with Gasteiger partial charge in [0.25, 0.3) is 0 Å². The molecule has 0 N–H and O–H groups in total. The first-order chi connectivity index (χ1) is 10.2. The van der Waals surface area contributed by atoms with Crippen LogP contribution < -0.4 is 0 Å². The van der Waals surface area contributed by atoms with Crippen LogP contribution in [0.4, 0.5) is 0 Å². The molecule has 5 heteroatoms. The highest BCUT2D eigenvalue weighted by Crippen LogP contribution is 2.20. The highest BCUT2D eigenvalue weighted by atomic mass is 79.9. The summed E-state index contributed by atoms with van der Waals surface area (Å²) in [6.45, 7) is 0. The maximum Gasteiger partial charge on any atom is 0.181 e. The first-order valence-corrected chi connectivity index (χ1v) is 7.63. The molecule has 0 saturated heterocycles. The number of rotatable bonds is 2. The minimum absolute atomic E-state index is 0.707. The zero-order valence-electron chi connectivity index (χ0n) is 10.9. The average Bonchev–Trinajstić information content (AvgIpc) is 3.04. The number of oxazole rings is 1. The quantitative estimate of drug-likeness (QED) is 0.535. The predicted octanol–water partition coefficient (Wildman–Crippen LogP) is 5.37. The topological polar surface area (TPSA) is 43.1 Å². The molecule has 0 aliphatic carbocycles. The fourth-order valence-electron chi connectivity index (χ4n) is 1.51. The van der Waals surface area contributed by atoms with Crippen molar-refractivity contribution in [1.29, 1.82) is 0 Å². The van der Waals surface area contributed by atoms with Crippen molar-refractivity contribution in [3.63, 3.8) is 0 Å². The number of hydrogen-bond acceptors (Lipinski definition) is 3. The van der Waals surface area contributed by atoms with Crippen LogP contribution in [0.5, 0.6) is 0 Å². The lowest BCUT2D eigenvalue weighted by Gasteiger charge is -1.94. The van der Waals surface area contributed by atoms with E-state index < -0.39 is 0 Å². The third-order valence-electron chi connectivity index (χ3n) is 2.57. The molecule has 0 atom stereocenters. The monoisotopic (exact) mass is 407 g/mol. The molecule has 1 heterocycles. The number of hydrogen-bond donors (Lipinski definition) is 0. The van der Waals surface area contributed by atoms with Gasteiger partial charge in [-0.1, -0.05) is 56.1 Å². The van der Waals surface area contributed by atoms with Crippen LogP contribution in [-0.2, 0) is 0 Å². The number of benzene rings is 2. The van der Waals surface area contributed by atoms with E-state index in [2.05, 4.69) is 36.8 Å². The molecular formula is C16H11Br2NO2. The number of carbonyl (C=O) groups excluding carboxylic acids is 1. The van der Waals surface area contributed by atoms with Crippen LogP contribution in [0.3, 0.4) is 0 Å². The van der Waals surface area contributed by atoms with Gasteiger partial charge in [-0.05, 0) is 24.3 Å². The van der Waals surface area contributed by atoms with Crippen LogP contribution in [0.2, 0.25) is 0 Å². The number of halogens is 2. The second-order valence-corrected chi connectivity index (χ2v) is 5.87. The lowest BCUT2D eigenvalue weighted by Crippen LogP contribution is -1.75. The molecular weight excluding hydrogens is 398 g/mol. The van der Waals surface area contributed by atoms with Gasteiger partial charge in [-0.15, -0.1) is 0 Å². The number of carbonyl (C=O) groups is 1. The van der Waals surface area contributed by atoms with E-state index in [-0.39, 0.29) is 0 Å². The maximum atomic E-state index is 10.1. The summed E-state index contributed by atoms with van der Waals surface area (Å²) >= 11 is 6.62. The smallest absolute Gasteiger partial charge is 0.181 e. The van der Waals surface area contributed by atoms with Gasteiger partial charge in [-0.3, -0.25) is 4.79 Å². The summed E-state index contributed by atoms with van der Waals surface area (Å²) in [4.78, 5) is 13.9. The predicted molar refractivity (Wildman–Crippen MR) is 89.2 cm³/mol. The van der Waals surface area contributed by atoms with Gasteiger partial charge in [-0.25, -0.2) is 4.98 Å². The van der Waals surface area contributed by atoms with Crippen molar-refractivity contribution in [1.82, 2.24) is 4.98 Å². The Bertz CT molecular complexity index is 677. The van der Waals surface area contributed by atoms with Gasteiger partial charge in [0.1, 0.15) is 6.29 Å². The van der Waals surface area contributed by atoms with Crippen molar-refractivity contribution in [2.24, 2.45) is 0 Å². The Morgan fingerprint density at radius 1 is 0.905 bits per heavy atom. The molecule has 0 unspecified atom stereocenters. The molecule has 1 aromatic heterocycles. The maximum absolute atomic E-state index is 10.1. The van der Waals surface area contributed by atoms with Crippen molar-refractivity contribution >= 4 is 38.1 Å². The molecule has 21 heavy (non-hydrogen) atoms. The number of aldehydes is 1. The molecule has 3 nitrogen and oxygen atoms in total. The third-order valence-corrected chi connectivity index (χ3v) is 3.62. The molecule has 0 amide bonds. The Morgan fingerprint density at radius 2 is 1.48 bits per heavy atom. The molecule has 0 spiro atoms. The molecule has 0 fully saturated rings. The second-order valence-electron chi connectivity index (χ2n) is 4.04. The first kappa shape index (κ1) is 15.7. The molecule has 0 aliphatic rings. The van der Waals surface area contributed by atoms with E-state index in [1.165, 1.54) is 6.39 Å². The van der Waals surface area contributed by atoms with Crippen LogP contribution in [0.15, 0.2) is 74.5 Å². The molecule has 0 saturated carbocycles. The molecule has 106 valence electrons. The van der Waals surface area contributed by atoms with Crippen LogP contribution >= 0.6 is 31.9 Å². The SMILES string of the molecule is Brc1ccc(-c2cnco2)cc1.O=Cc1ccc(Br)cc1. The van der Waals surface area contributed by atoms with Gasteiger partial charge in [-0.2, -0.15) is 0 Å². The third kappa shape index (κ3) is 4.95. The molecule has 0 aliphatic heterocycles. The zero-order chi connectivity index (χ0) is 15.1. The molecule has 0 bridgehead atoms. The van der Waals surface area contributed by atoms with E-state index in [1.807, 2.05) is 36.4 Å². The van der Waals surface area contributed by atoms with E-state index in [0.717, 1.165) is 26.6 Å². The summed E-state index contributed by atoms with van der Waals surface area (Å²) in [5.41, 5.74) is 1.74. The van der Waals surface area contributed by atoms with Crippen molar-refractivity contribution in [3.05, 3.63) is 75.6 Å². The van der Waals surface area contributed by atoms with E-state index in [0.29, 0.717) is 5.56 Å². The normalized spacial score (nSPS) is 9.62.